The van der Waals surface area contributed by atoms with E-state index in [1.54, 1.807) is 36.4 Å². The van der Waals surface area contributed by atoms with Gasteiger partial charge in [0.1, 0.15) is 0 Å². The van der Waals surface area contributed by atoms with Gasteiger partial charge in [-0.1, -0.05) is 26.0 Å². The number of benzene rings is 2. The topological polar surface area (TPSA) is 75.3 Å². The van der Waals surface area contributed by atoms with Crippen LogP contribution in [-0.4, -0.2) is 20.4 Å². The molecule has 2 N–H and O–H groups in total. The standard InChI is InChI=1S/C20H24N2O3S/c1-3-14(2)15-6-12-19(13-7-15)26(24,25)22-18-8-4-16(5-9-18)20(23)21-17-10-11-17/h4-9,12-14,17,22H,3,10-11H2,1-2H3,(H,21,23). The lowest BCUT2D eigenvalue weighted by Gasteiger charge is -2.12. The number of anilines is 1. The minimum atomic E-state index is -3.66. The summed E-state index contributed by atoms with van der Waals surface area (Å²) in [5.41, 5.74) is 2.08. The van der Waals surface area contributed by atoms with Crippen molar-refractivity contribution in [1.82, 2.24) is 5.32 Å². The van der Waals surface area contributed by atoms with Crippen LogP contribution < -0.4 is 10.0 Å². The Bertz CT molecular complexity index is 870. The van der Waals surface area contributed by atoms with E-state index in [1.807, 2.05) is 12.1 Å². The van der Waals surface area contributed by atoms with Crippen molar-refractivity contribution in [2.24, 2.45) is 0 Å². The van der Waals surface area contributed by atoms with Crippen molar-refractivity contribution >= 4 is 21.6 Å². The van der Waals surface area contributed by atoms with Crippen molar-refractivity contribution < 1.29 is 13.2 Å². The lowest BCUT2D eigenvalue weighted by molar-refractivity contribution is 0.0951. The predicted octanol–water partition coefficient (Wildman–Crippen LogP) is 3.89. The van der Waals surface area contributed by atoms with Gasteiger partial charge in [0.2, 0.25) is 0 Å². The first-order valence-electron chi connectivity index (χ1n) is 8.92. The Kier molecular flexibility index (Phi) is 5.32. The predicted molar refractivity (Wildman–Crippen MR) is 103 cm³/mol. The van der Waals surface area contributed by atoms with E-state index >= 15 is 0 Å². The maximum absolute atomic E-state index is 12.5. The van der Waals surface area contributed by atoms with Gasteiger partial charge in [-0.3, -0.25) is 9.52 Å². The maximum Gasteiger partial charge on any atom is 0.261 e. The first-order valence-corrected chi connectivity index (χ1v) is 10.4. The van der Waals surface area contributed by atoms with Crippen LogP contribution >= 0.6 is 0 Å². The number of amides is 1. The smallest absolute Gasteiger partial charge is 0.261 e. The molecule has 6 heteroatoms. The van der Waals surface area contributed by atoms with E-state index in [0.29, 0.717) is 23.2 Å². The van der Waals surface area contributed by atoms with Gasteiger partial charge in [-0.25, -0.2) is 8.42 Å². The van der Waals surface area contributed by atoms with Crippen molar-refractivity contribution in [2.75, 3.05) is 4.72 Å². The number of carbonyl (C=O) groups is 1. The SMILES string of the molecule is CCC(C)c1ccc(S(=O)(=O)Nc2ccc(C(=O)NC3CC3)cc2)cc1. The highest BCUT2D eigenvalue weighted by atomic mass is 32.2. The molecule has 0 radical (unpaired) electrons. The van der Waals surface area contributed by atoms with Crippen LogP contribution in [0.15, 0.2) is 53.4 Å². The van der Waals surface area contributed by atoms with E-state index in [0.717, 1.165) is 24.8 Å². The van der Waals surface area contributed by atoms with Gasteiger partial charge in [0.15, 0.2) is 0 Å². The van der Waals surface area contributed by atoms with Crippen molar-refractivity contribution in [1.29, 1.82) is 0 Å². The van der Waals surface area contributed by atoms with Crippen LogP contribution in [0.1, 0.15) is 54.9 Å². The molecule has 1 unspecified atom stereocenters. The Morgan fingerprint density at radius 1 is 1.08 bits per heavy atom. The molecule has 1 fully saturated rings. The van der Waals surface area contributed by atoms with Crippen LogP contribution in [0.5, 0.6) is 0 Å². The second-order valence-corrected chi connectivity index (χ2v) is 8.49. The van der Waals surface area contributed by atoms with Gasteiger partial charge >= 0.3 is 0 Å². The maximum atomic E-state index is 12.5. The van der Waals surface area contributed by atoms with Crippen LogP contribution in [0.25, 0.3) is 0 Å². The first kappa shape index (κ1) is 18.5. The zero-order valence-corrected chi connectivity index (χ0v) is 15.8. The average Bonchev–Trinajstić information content (AvgIpc) is 3.45. The number of hydrogen-bond acceptors (Lipinski definition) is 3. The van der Waals surface area contributed by atoms with Crippen molar-refractivity contribution in [3.63, 3.8) is 0 Å². The van der Waals surface area contributed by atoms with Gasteiger partial charge in [0.25, 0.3) is 15.9 Å². The summed E-state index contributed by atoms with van der Waals surface area (Å²) in [4.78, 5) is 12.2. The molecule has 26 heavy (non-hydrogen) atoms. The summed E-state index contributed by atoms with van der Waals surface area (Å²) < 4.78 is 27.6. The van der Waals surface area contributed by atoms with Crippen molar-refractivity contribution in [3.05, 3.63) is 59.7 Å². The van der Waals surface area contributed by atoms with Gasteiger partial charge in [-0.2, -0.15) is 0 Å². The molecule has 1 amide bonds. The molecule has 2 aromatic carbocycles. The molecule has 2 aromatic rings. The van der Waals surface area contributed by atoms with E-state index in [9.17, 15) is 13.2 Å². The molecule has 0 aromatic heterocycles. The third-order valence-corrected chi connectivity index (χ3v) is 6.08. The molecule has 0 spiro atoms. The van der Waals surface area contributed by atoms with Gasteiger partial charge in [-0.15, -0.1) is 0 Å². The molecule has 5 nitrogen and oxygen atoms in total. The van der Waals surface area contributed by atoms with Gasteiger partial charge in [0, 0.05) is 17.3 Å². The summed E-state index contributed by atoms with van der Waals surface area (Å²) in [6.07, 6.45) is 3.06. The molecule has 0 saturated heterocycles. The molecule has 1 aliphatic carbocycles. The molecular weight excluding hydrogens is 348 g/mol. The first-order chi connectivity index (χ1) is 12.4. The van der Waals surface area contributed by atoms with E-state index in [1.165, 1.54) is 0 Å². The summed E-state index contributed by atoms with van der Waals surface area (Å²) in [7, 11) is -3.66. The summed E-state index contributed by atoms with van der Waals surface area (Å²) in [6, 6.07) is 13.7. The summed E-state index contributed by atoms with van der Waals surface area (Å²) in [5, 5.41) is 2.91. The third kappa shape index (κ3) is 4.43. The molecule has 0 heterocycles. The van der Waals surface area contributed by atoms with E-state index in [-0.39, 0.29) is 10.8 Å². The van der Waals surface area contributed by atoms with Gasteiger partial charge in [-0.05, 0) is 67.1 Å². The Morgan fingerprint density at radius 2 is 1.69 bits per heavy atom. The highest BCUT2D eigenvalue weighted by Crippen LogP contribution is 2.23. The number of sulfonamides is 1. The molecule has 0 aliphatic heterocycles. The van der Waals surface area contributed by atoms with Crippen LogP contribution in [-0.2, 0) is 10.0 Å². The molecule has 0 bridgehead atoms. The van der Waals surface area contributed by atoms with Crippen LogP contribution in [0.3, 0.4) is 0 Å². The second kappa shape index (κ2) is 7.50. The minimum Gasteiger partial charge on any atom is -0.349 e. The fourth-order valence-corrected chi connectivity index (χ4v) is 3.67. The molecule has 3 rings (SSSR count). The summed E-state index contributed by atoms with van der Waals surface area (Å²) in [6.45, 7) is 4.22. The normalized spacial score (nSPS) is 15.3. The largest absolute Gasteiger partial charge is 0.349 e. The van der Waals surface area contributed by atoms with Gasteiger partial charge in [0.05, 0.1) is 4.90 Å². The quantitative estimate of drug-likeness (QED) is 0.774. The summed E-state index contributed by atoms with van der Waals surface area (Å²) >= 11 is 0. The van der Waals surface area contributed by atoms with E-state index in [4.69, 9.17) is 0 Å². The van der Waals surface area contributed by atoms with E-state index in [2.05, 4.69) is 23.9 Å². The van der Waals surface area contributed by atoms with Crippen molar-refractivity contribution in [3.8, 4) is 0 Å². The molecule has 138 valence electrons. The highest BCUT2D eigenvalue weighted by Gasteiger charge is 2.23. The van der Waals surface area contributed by atoms with Crippen molar-refractivity contribution in [2.45, 2.75) is 50.0 Å². The molecule has 1 aliphatic rings. The highest BCUT2D eigenvalue weighted by molar-refractivity contribution is 7.92. The Labute approximate surface area is 154 Å². The Hall–Kier alpha value is -2.34. The molecular formula is C20H24N2O3S. The number of carbonyl (C=O) groups excluding carboxylic acids is 1. The lowest BCUT2D eigenvalue weighted by atomic mass is 9.99. The van der Waals surface area contributed by atoms with Gasteiger partial charge < -0.3 is 5.32 Å². The van der Waals surface area contributed by atoms with Crippen LogP contribution in [0.4, 0.5) is 5.69 Å². The van der Waals surface area contributed by atoms with E-state index < -0.39 is 10.0 Å². The molecule has 1 atom stereocenters. The Morgan fingerprint density at radius 3 is 2.23 bits per heavy atom. The Balaban J connectivity index is 1.69. The minimum absolute atomic E-state index is 0.123. The zero-order chi connectivity index (χ0) is 18.7. The lowest BCUT2D eigenvalue weighted by Crippen LogP contribution is -2.25. The third-order valence-electron chi connectivity index (χ3n) is 4.68. The monoisotopic (exact) mass is 372 g/mol. The number of rotatable bonds is 7. The summed E-state index contributed by atoms with van der Waals surface area (Å²) in [5.74, 6) is 0.275. The molecule has 1 saturated carbocycles. The average molecular weight is 372 g/mol. The number of hydrogen-bond donors (Lipinski definition) is 2. The zero-order valence-electron chi connectivity index (χ0n) is 15.0. The fraction of sp³-hybridized carbons (Fsp3) is 0.350. The second-order valence-electron chi connectivity index (χ2n) is 6.81. The fourth-order valence-electron chi connectivity index (χ4n) is 2.61. The van der Waals surface area contributed by atoms with Crippen LogP contribution in [0, 0.1) is 0 Å². The van der Waals surface area contributed by atoms with Crippen LogP contribution in [0.2, 0.25) is 0 Å². The number of nitrogens with one attached hydrogen (secondary N) is 2.